The number of hydrogen-bond acceptors (Lipinski definition) is 8. The quantitative estimate of drug-likeness (QED) is 0.126. The summed E-state index contributed by atoms with van der Waals surface area (Å²) in [6.07, 6.45) is 1.48. The van der Waals surface area contributed by atoms with Gasteiger partial charge in [-0.25, -0.2) is 10.4 Å². The van der Waals surface area contributed by atoms with E-state index >= 15 is 0 Å². The van der Waals surface area contributed by atoms with Crippen molar-refractivity contribution in [2.45, 2.75) is 70.1 Å². The molecule has 1 heterocycles. The highest BCUT2D eigenvalue weighted by atomic mass is 16.6. The average Bonchev–Trinajstić information content (AvgIpc) is 3.41. The van der Waals surface area contributed by atoms with Gasteiger partial charge in [0.15, 0.2) is 11.6 Å². The molecule has 0 spiro atoms. The Morgan fingerprint density at radius 2 is 1.64 bits per heavy atom. The molecular formula is C35H43N3O6. The highest BCUT2D eigenvalue weighted by Crippen LogP contribution is 2.43. The number of hydrogen-bond donors (Lipinski definition) is 3. The zero-order valence-corrected chi connectivity index (χ0v) is 25.8. The third-order valence-corrected chi connectivity index (χ3v) is 7.07. The maximum atomic E-state index is 14.1. The van der Waals surface area contributed by atoms with E-state index in [-0.39, 0.29) is 19.4 Å². The van der Waals surface area contributed by atoms with Crippen LogP contribution in [0.25, 0.3) is 0 Å². The highest BCUT2D eigenvalue weighted by molar-refractivity contribution is 6.01. The van der Waals surface area contributed by atoms with Crippen LogP contribution in [0.15, 0.2) is 89.9 Å². The molecule has 44 heavy (non-hydrogen) atoms. The minimum Gasteiger partial charge on any atom is -0.494 e. The average molecular weight is 602 g/mol. The summed E-state index contributed by atoms with van der Waals surface area (Å²) in [6.45, 7) is 6.44. The van der Waals surface area contributed by atoms with E-state index in [0.29, 0.717) is 36.8 Å². The fraction of sp³-hybridized carbons (Fsp3) is 0.400. The van der Waals surface area contributed by atoms with Crippen LogP contribution in [0.4, 0.5) is 0 Å². The molecule has 0 unspecified atom stereocenters. The van der Waals surface area contributed by atoms with Crippen LogP contribution < -0.4 is 15.6 Å². The van der Waals surface area contributed by atoms with Gasteiger partial charge < -0.3 is 19.3 Å². The molecule has 1 amide bonds. The second-order valence-electron chi connectivity index (χ2n) is 11.8. The van der Waals surface area contributed by atoms with E-state index < -0.39 is 29.1 Å². The van der Waals surface area contributed by atoms with Gasteiger partial charge in [0.05, 0.1) is 6.61 Å². The number of aryl methyl sites for hydroxylation is 1. The number of aliphatic hydroxyl groups excluding tert-OH is 1. The Bertz CT molecular complexity index is 1370. The highest BCUT2D eigenvalue weighted by Gasteiger charge is 2.53. The lowest BCUT2D eigenvalue weighted by molar-refractivity contribution is -0.155. The summed E-state index contributed by atoms with van der Waals surface area (Å²) in [4.78, 5) is 31.9. The van der Waals surface area contributed by atoms with Crippen molar-refractivity contribution in [3.05, 3.63) is 102 Å². The van der Waals surface area contributed by atoms with Crippen molar-refractivity contribution in [2.75, 3.05) is 19.8 Å². The molecule has 3 N–H and O–H groups in total. The number of carbonyl (C=O) groups is 2. The molecule has 0 fully saturated rings. The first-order valence-corrected chi connectivity index (χ1v) is 15.1. The van der Waals surface area contributed by atoms with Crippen molar-refractivity contribution >= 4 is 17.8 Å². The van der Waals surface area contributed by atoms with E-state index in [2.05, 4.69) is 23.0 Å². The SMILES string of the molecule is CC(C)(C)OC(=O)CC[C@]1(C(=O)NNCCCc2ccccc2)N=C(c2ccc(OCCCO)cc2)O[C@H]1c1ccccc1. The molecule has 0 aliphatic carbocycles. The summed E-state index contributed by atoms with van der Waals surface area (Å²) in [6, 6.07) is 26.8. The summed E-state index contributed by atoms with van der Waals surface area (Å²) >= 11 is 0. The third kappa shape index (κ3) is 9.14. The lowest BCUT2D eigenvalue weighted by atomic mass is 9.83. The van der Waals surface area contributed by atoms with Gasteiger partial charge in [-0.2, -0.15) is 0 Å². The number of nitrogens with zero attached hydrogens (tertiary/aromatic N) is 1. The van der Waals surface area contributed by atoms with Crippen LogP contribution in [0.3, 0.4) is 0 Å². The molecule has 1 aliphatic heterocycles. The molecule has 2 atom stereocenters. The largest absolute Gasteiger partial charge is 0.494 e. The second kappa shape index (κ2) is 15.5. The van der Waals surface area contributed by atoms with Gasteiger partial charge in [0.1, 0.15) is 11.4 Å². The summed E-state index contributed by atoms with van der Waals surface area (Å²) in [5.41, 5.74) is 6.48. The number of benzene rings is 3. The zero-order valence-electron chi connectivity index (χ0n) is 25.8. The van der Waals surface area contributed by atoms with Gasteiger partial charge in [-0.15, -0.1) is 0 Å². The maximum absolute atomic E-state index is 14.1. The van der Waals surface area contributed by atoms with Crippen LogP contribution in [-0.2, 0) is 25.5 Å². The Kier molecular flexibility index (Phi) is 11.5. The van der Waals surface area contributed by atoms with Crippen LogP contribution in [-0.4, -0.2) is 53.8 Å². The van der Waals surface area contributed by atoms with Gasteiger partial charge >= 0.3 is 5.97 Å². The van der Waals surface area contributed by atoms with E-state index in [1.165, 1.54) is 5.56 Å². The van der Waals surface area contributed by atoms with Crippen LogP contribution in [0.5, 0.6) is 5.75 Å². The predicted octanol–water partition coefficient (Wildman–Crippen LogP) is 5.08. The topological polar surface area (TPSA) is 118 Å². The number of carbonyl (C=O) groups excluding carboxylic acids is 2. The molecule has 3 aromatic carbocycles. The third-order valence-electron chi connectivity index (χ3n) is 7.07. The molecule has 0 bridgehead atoms. The molecule has 3 aromatic rings. The van der Waals surface area contributed by atoms with Gasteiger partial charge in [0, 0.05) is 31.6 Å². The van der Waals surface area contributed by atoms with Crippen LogP contribution >= 0.6 is 0 Å². The van der Waals surface area contributed by atoms with Gasteiger partial charge in [-0.05, 0) is 75.4 Å². The number of aliphatic hydroxyl groups is 1. The summed E-state index contributed by atoms with van der Waals surface area (Å²) in [5.74, 6) is 0.132. The van der Waals surface area contributed by atoms with Gasteiger partial charge in [0.2, 0.25) is 5.90 Å². The van der Waals surface area contributed by atoms with Crippen molar-refractivity contribution < 1.29 is 28.9 Å². The van der Waals surface area contributed by atoms with Gasteiger partial charge in [0.25, 0.3) is 5.91 Å². The Morgan fingerprint density at radius 3 is 2.30 bits per heavy atom. The summed E-state index contributed by atoms with van der Waals surface area (Å²) in [7, 11) is 0. The van der Waals surface area contributed by atoms with Crippen molar-refractivity contribution in [1.29, 1.82) is 0 Å². The Morgan fingerprint density at radius 1 is 0.955 bits per heavy atom. The first-order chi connectivity index (χ1) is 21.2. The van der Waals surface area contributed by atoms with Crippen molar-refractivity contribution in [1.82, 2.24) is 10.9 Å². The van der Waals surface area contributed by atoms with Gasteiger partial charge in [-0.1, -0.05) is 60.7 Å². The summed E-state index contributed by atoms with van der Waals surface area (Å²) in [5, 5.41) is 9.03. The van der Waals surface area contributed by atoms with E-state index in [1.807, 2.05) is 81.4 Å². The Labute approximate surface area is 259 Å². The lowest BCUT2D eigenvalue weighted by Crippen LogP contribution is -2.53. The molecule has 0 saturated carbocycles. The molecule has 9 nitrogen and oxygen atoms in total. The number of rotatable bonds is 15. The fourth-order valence-corrected chi connectivity index (χ4v) is 4.96. The van der Waals surface area contributed by atoms with Crippen LogP contribution in [0.1, 0.15) is 69.2 Å². The molecule has 234 valence electrons. The molecule has 1 aliphatic rings. The fourth-order valence-electron chi connectivity index (χ4n) is 4.96. The summed E-state index contributed by atoms with van der Waals surface area (Å²) < 4.78 is 17.7. The molecule has 0 radical (unpaired) electrons. The van der Waals surface area contributed by atoms with Crippen LogP contribution in [0.2, 0.25) is 0 Å². The van der Waals surface area contributed by atoms with Crippen LogP contribution in [0, 0.1) is 0 Å². The van der Waals surface area contributed by atoms with E-state index in [4.69, 9.17) is 24.3 Å². The molecule has 4 rings (SSSR count). The normalized spacial score (nSPS) is 17.8. The van der Waals surface area contributed by atoms with Gasteiger partial charge in [-0.3, -0.25) is 15.0 Å². The minimum atomic E-state index is -1.45. The van der Waals surface area contributed by atoms with Crippen molar-refractivity contribution in [3.8, 4) is 5.75 Å². The predicted molar refractivity (Wildman–Crippen MR) is 169 cm³/mol. The molecular weight excluding hydrogens is 558 g/mol. The zero-order chi connectivity index (χ0) is 31.4. The lowest BCUT2D eigenvalue weighted by Gasteiger charge is -2.31. The van der Waals surface area contributed by atoms with E-state index in [0.717, 1.165) is 18.4 Å². The number of amides is 1. The Balaban J connectivity index is 1.59. The number of esters is 1. The van der Waals surface area contributed by atoms with Crippen molar-refractivity contribution in [3.63, 3.8) is 0 Å². The molecule has 0 saturated heterocycles. The van der Waals surface area contributed by atoms with E-state index in [1.54, 1.807) is 12.1 Å². The second-order valence-corrected chi connectivity index (χ2v) is 11.8. The maximum Gasteiger partial charge on any atom is 0.306 e. The monoisotopic (exact) mass is 601 g/mol. The first kappa shape index (κ1) is 32.7. The number of aliphatic imine (C=N–C) groups is 1. The van der Waals surface area contributed by atoms with Crippen molar-refractivity contribution in [2.24, 2.45) is 4.99 Å². The van der Waals surface area contributed by atoms with E-state index in [9.17, 15) is 9.59 Å². The Hall–Kier alpha value is -4.21. The first-order valence-electron chi connectivity index (χ1n) is 15.1. The minimum absolute atomic E-state index is 0.0280. The smallest absolute Gasteiger partial charge is 0.306 e. The number of hydrazine groups is 1. The number of nitrogens with one attached hydrogen (secondary N) is 2. The molecule has 9 heteroatoms. The number of ether oxygens (including phenoxy) is 3. The standard InChI is InChI=1S/C35H43N3O6/c1-34(2,3)44-30(40)21-22-35(33(41)38-36-23-10-14-26-12-6-4-7-13-26)31(27-15-8-5-9-16-27)43-32(37-35)28-17-19-29(20-18-28)42-25-11-24-39/h4-9,12-13,15-20,31,36,39H,10-11,14,21-25H2,1-3H3,(H,38,41)/t31-,35-/m0/s1. The molecule has 0 aromatic heterocycles.